The molecule has 0 N–H and O–H groups in total. The van der Waals surface area contributed by atoms with Crippen molar-refractivity contribution in [2.75, 3.05) is 20.3 Å². The Bertz CT molecular complexity index is 257. The van der Waals surface area contributed by atoms with Gasteiger partial charge in [-0.2, -0.15) is 0 Å². The molecule has 0 saturated carbocycles. The highest BCUT2D eigenvalue weighted by Crippen LogP contribution is 2.25. The molecule has 0 aliphatic carbocycles. The lowest BCUT2D eigenvalue weighted by molar-refractivity contribution is -0.148. The monoisotopic (exact) mass is 241 g/mol. The van der Waals surface area contributed by atoms with Crippen molar-refractivity contribution in [3.63, 3.8) is 0 Å². The molecule has 0 aliphatic heterocycles. The first-order valence-corrected chi connectivity index (χ1v) is 6.46. The Kier molecular flexibility index (Phi) is 7.32. The molecule has 0 spiro atoms. The van der Waals surface area contributed by atoms with Crippen molar-refractivity contribution >= 4 is 5.78 Å². The summed E-state index contributed by atoms with van der Waals surface area (Å²) in [5, 5.41) is 0. The molecule has 0 aliphatic rings. The smallest absolute Gasteiger partial charge is 0.189 e. The Morgan fingerprint density at radius 3 is 2.18 bits per heavy atom. The fourth-order valence-corrected chi connectivity index (χ4v) is 1.91. The number of Topliss-reactive ketones (excluding diaryl/α,β-unsaturated/α-hetero) is 1. The first kappa shape index (κ1) is 16.3. The molecule has 0 rings (SSSR count). The third-order valence-electron chi connectivity index (χ3n) is 3.11. The van der Waals surface area contributed by atoms with Crippen LogP contribution in [0.3, 0.4) is 0 Å². The van der Waals surface area contributed by atoms with E-state index in [1.807, 2.05) is 20.9 Å². The van der Waals surface area contributed by atoms with Gasteiger partial charge in [-0.1, -0.05) is 27.4 Å². The molecule has 0 amide bonds. The van der Waals surface area contributed by atoms with Gasteiger partial charge >= 0.3 is 0 Å². The Morgan fingerprint density at radius 2 is 1.82 bits per heavy atom. The quantitative estimate of drug-likeness (QED) is 0.459. The normalized spacial score (nSPS) is 11.9. The maximum atomic E-state index is 12.2. The summed E-state index contributed by atoms with van der Waals surface area (Å²) in [5.74, 6) is 0.0346. The highest BCUT2D eigenvalue weighted by atomic mass is 16.5. The van der Waals surface area contributed by atoms with Crippen molar-refractivity contribution in [3.8, 4) is 0 Å². The van der Waals surface area contributed by atoms with Gasteiger partial charge in [-0.05, 0) is 45.4 Å². The fourth-order valence-electron chi connectivity index (χ4n) is 1.91. The van der Waals surface area contributed by atoms with Crippen LogP contribution in [0.4, 0.5) is 0 Å². The van der Waals surface area contributed by atoms with E-state index in [1.54, 1.807) is 6.92 Å². The van der Waals surface area contributed by atoms with Gasteiger partial charge in [0, 0.05) is 0 Å². The summed E-state index contributed by atoms with van der Waals surface area (Å²) in [6.45, 7) is 13.1. The molecule has 0 aromatic rings. The minimum absolute atomic E-state index is 0.0346. The topological polar surface area (TPSA) is 29.5 Å². The van der Waals surface area contributed by atoms with Crippen LogP contribution in [0.2, 0.25) is 0 Å². The molecule has 0 aromatic carbocycles. The van der Waals surface area contributed by atoms with Gasteiger partial charge in [0.1, 0.15) is 12.3 Å². The second kappa shape index (κ2) is 7.62. The molecule has 100 valence electrons. The summed E-state index contributed by atoms with van der Waals surface area (Å²) in [6, 6.07) is 0. The second-order valence-corrected chi connectivity index (χ2v) is 4.66. The van der Waals surface area contributed by atoms with E-state index < -0.39 is 5.60 Å². The van der Waals surface area contributed by atoms with Crippen molar-refractivity contribution in [1.29, 1.82) is 0 Å². The maximum absolute atomic E-state index is 12.2. The average Bonchev–Trinajstić information content (AvgIpc) is 2.31. The summed E-state index contributed by atoms with van der Waals surface area (Å²) in [4.78, 5) is 14.2. The summed E-state index contributed by atoms with van der Waals surface area (Å²) in [6.07, 6.45) is 2.46. The molecule has 0 saturated heterocycles. The van der Waals surface area contributed by atoms with Gasteiger partial charge in [0.05, 0.1) is 0 Å². The summed E-state index contributed by atoms with van der Waals surface area (Å²) in [7, 11) is 2.00. The second-order valence-electron chi connectivity index (χ2n) is 4.66. The number of carbonyl (C=O) groups is 1. The Hall–Kier alpha value is -0.670. The lowest BCUT2D eigenvalue weighted by atomic mass is 9.88. The summed E-state index contributed by atoms with van der Waals surface area (Å²) < 4.78 is 5.88. The number of hydrogen-bond acceptors (Lipinski definition) is 3. The third-order valence-corrected chi connectivity index (χ3v) is 3.11. The number of rotatable bonds is 9. The molecular formula is C14H27NO2. The van der Waals surface area contributed by atoms with Crippen LogP contribution in [-0.2, 0) is 9.53 Å². The third kappa shape index (κ3) is 4.60. The highest BCUT2D eigenvalue weighted by Gasteiger charge is 2.36. The van der Waals surface area contributed by atoms with Gasteiger partial charge in [0.25, 0.3) is 0 Å². The van der Waals surface area contributed by atoms with Gasteiger partial charge in [-0.15, -0.1) is 0 Å². The van der Waals surface area contributed by atoms with Crippen LogP contribution < -0.4 is 0 Å². The summed E-state index contributed by atoms with van der Waals surface area (Å²) in [5.41, 5.74) is -0.111. The average molecular weight is 241 g/mol. The van der Waals surface area contributed by atoms with Gasteiger partial charge in [0.15, 0.2) is 5.78 Å². The molecule has 0 bridgehead atoms. The zero-order valence-electron chi connectivity index (χ0n) is 12.0. The van der Waals surface area contributed by atoms with Gasteiger partial charge in [-0.3, -0.25) is 9.69 Å². The van der Waals surface area contributed by atoms with Crippen LogP contribution in [0.25, 0.3) is 0 Å². The highest BCUT2D eigenvalue weighted by molar-refractivity contribution is 6.00. The van der Waals surface area contributed by atoms with E-state index >= 15 is 0 Å². The zero-order valence-corrected chi connectivity index (χ0v) is 12.0. The number of nitrogens with zero attached hydrogens (tertiary/aromatic N) is 1. The van der Waals surface area contributed by atoms with Crippen molar-refractivity contribution < 1.29 is 9.53 Å². The molecule has 0 radical (unpaired) electrons. The molecule has 3 heteroatoms. The van der Waals surface area contributed by atoms with Gasteiger partial charge < -0.3 is 4.74 Å². The van der Waals surface area contributed by atoms with Crippen LogP contribution in [-0.4, -0.2) is 36.6 Å². The molecule has 0 fully saturated rings. The lowest BCUT2D eigenvalue weighted by Crippen LogP contribution is -2.43. The van der Waals surface area contributed by atoms with E-state index in [0.29, 0.717) is 25.1 Å². The van der Waals surface area contributed by atoms with E-state index in [4.69, 9.17) is 4.74 Å². The maximum Gasteiger partial charge on any atom is 0.189 e. The minimum atomic E-state index is -0.687. The molecule has 0 unspecified atom stereocenters. The number of ether oxygens (including phenoxy) is 1. The number of hydrogen-bond donors (Lipinski definition) is 0. The Morgan fingerprint density at radius 1 is 1.29 bits per heavy atom. The Balaban J connectivity index is 4.62. The Labute approximate surface area is 106 Å². The first-order chi connectivity index (χ1) is 7.93. The molecular weight excluding hydrogens is 214 g/mol. The lowest BCUT2D eigenvalue weighted by Gasteiger charge is -2.32. The van der Waals surface area contributed by atoms with Crippen LogP contribution in [0, 0.1) is 0 Å². The van der Waals surface area contributed by atoms with E-state index in [2.05, 4.69) is 18.4 Å². The number of ketones is 1. The van der Waals surface area contributed by atoms with E-state index in [9.17, 15) is 4.79 Å². The minimum Gasteiger partial charge on any atom is -0.351 e. The van der Waals surface area contributed by atoms with Gasteiger partial charge in [0.2, 0.25) is 0 Å². The molecule has 3 nitrogen and oxygen atoms in total. The largest absolute Gasteiger partial charge is 0.351 e. The van der Waals surface area contributed by atoms with E-state index in [-0.39, 0.29) is 5.78 Å². The van der Waals surface area contributed by atoms with Crippen molar-refractivity contribution in [3.05, 3.63) is 12.2 Å². The van der Waals surface area contributed by atoms with Crippen LogP contribution in [0.5, 0.6) is 0 Å². The summed E-state index contributed by atoms with van der Waals surface area (Å²) >= 11 is 0. The van der Waals surface area contributed by atoms with Crippen LogP contribution in [0.15, 0.2) is 12.2 Å². The molecule has 0 aromatic heterocycles. The van der Waals surface area contributed by atoms with Crippen LogP contribution >= 0.6 is 0 Å². The van der Waals surface area contributed by atoms with Crippen molar-refractivity contribution in [2.24, 2.45) is 0 Å². The standard InChI is InChI=1S/C14H27NO2/c1-7-10-15(6)11-17-14(8-2,9-3)13(16)12(4)5/h4,7-11H2,1-3,5-6H3. The zero-order chi connectivity index (χ0) is 13.5. The predicted octanol–water partition coefficient (Wildman–Crippen LogP) is 3.01. The van der Waals surface area contributed by atoms with Crippen LogP contribution in [0.1, 0.15) is 47.0 Å². The molecule has 0 heterocycles. The number of carbonyl (C=O) groups excluding carboxylic acids is 1. The van der Waals surface area contributed by atoms with E-state index in [0.717, 1.165) is 13.0 Å². The van der Waals surface area contributed by atoms with Crippen molar-refractivity contribution in [2.45, 2.75) is 52.6 Å². The molecule has 17 heavy (non-hydrogen) atoms. The fraction of sp³-hybridized carbons (Fsp3) is 0.786. The first-order valence-electron chi connectivity index (χ1n) is 6.46. The SMILES string of the molecule is C=C(C)C(=O)C(CC)(CC)OCN(C)CCC. The molecule has 0 atom stereocenters. The van der Waals surface area contributed by atoms with Gasteiger partial charge in [-0.25, -0.2) is 0 Å². The van der Waals surface area contributed by atoms with E-state index in [1.165, 1.54) is 0 Å². The predicted molar refractivity (Wildman–Crippen MR) is 72.0 cm³/mol. The van der Waals surface area contributed by atoms with Crippen molar-refractivity contribution in [1.82, 2.24) is 4.90 Å².